The molecule has 23 heavy (non-hydrogen) atoms. The van der Waals surface area contributed by atoms with E-state index in [0.29, 0.717) is 17.9 Å². The van der Waals surface area contributed by atoms with Crippen LogP contribution in [-0.2, 0) is 4.79 Å². The number of rotatable bonds is 7. The minimum atomic E-state index is -0.112. The summed E-state index contributed by atoms with van der Waals surface area (Å²) in [5, 5.41) is 3.98. The third-order valence-corrected chi connectivity index (χ3v) is 4.43. The fourth-order valence-corrected chi connectivity index (χ4v) is 3.07. The largest absolute Gasteiger partial charge is 0.496 e. The van der Waals surface area contributed by atoms with E-state index in [-0.39, 0.29) is 5.91 Å². The molecule has 0 radical (unpaired) electrons. The average Bonchev–Trinajstić information content (AvgIpc) is 2.56. The average molecular weight is 393 g/mol. The smallest absolute Gasteiger partial charge is 0.240 e. The molecule has 0 aliphatic rings. The zero-order valence-corrected chi connectivity index (χ0v) is 15.1. The molecule has 0 aliphatic carbocycles. The number of methoxy groups -OCH3 is 1. The van der Waals surface area contributed by atoms with Crippen LogP contribution in [0.3, 0.4) is 0 Å². The lowest BCUT2D eigenvalue weighted by Gasteiger charge is -2.04. The normalized spacial score (nSPS) is 10.7. The molecule has 0 heterocycles. The highest BCUT2D eigenvalue weighted by molar-refractivity contribution is 9.10. The summed E-state index contributed by atoms with van der Waals surface area (Å²) in [7, 11) is 1.60. The van der Waals surface area contributed by atoms with Crippen molar-refractivity contribution in [2.45, 2.75) is 11.3 Å². The molecule has 0 atom stereocenters. The summed E-state index contributed by atoms with van der Waals surface area (Å²) in [5.74, 6) is 1.30. The number of nitrogens with one attached hydrogen (secondary N) is 1. The Labute approximate surface area is 148 Å². The predicted molar refractivity (Wildman–Crippen MR) is 98.2 cm³/mol. The minimum Gasteiger partial charge on any atom is -0.496 e. The van der Waals surface area contributed by atoms with E-state index >= 15 is 0 Å². The van der Waals surface area contributed by atoms with E-state index in [1.54, 1.807) is 25.1 Å². The highest BCUT2D eigenvalue weighted by Gasteiger charge is 2.03. The van der Waals surface area contributed by atoms with Crippen LogP contribution in [0.15, 0.2) is 63.0 Å². The molecule has 6 heteroatoms. The third-order valence-electron chi connectivity index (χ3n) is 2.93. The van der Waals surface area contributed by atoms with Gasteiger partial charge in [0.25, 0.3) is 0 Å². The summed E-state index contributed by atoms with van der Waals surface area (Å²) in [6.45, 7) is 0. The summed E-state index contributed by atoms with van der Waals surface area (Å²) >= 11 is 5.04. The Morgan fingerprint density at radius 3 is 2.83 bits per heavy atom. The Morgan fingerprint density at radius 1 is 1.30 bits per heavy atom. The van der Waals surface area contributed by atoms with E-state index in [9.17, 15) is 4.79 Å². The quantitative estimate of drug-likeness (QED) is 0.438. The number of hydrazone groups is 1. The molecular formula is C17H17BrN2O2S. The maximum Gasteiger partial charge on any atom is 0.240 e. The van der Waals surface area contributed by atoms with E-state index in [1.165, 1.54) is 0 Å². The van der Waals surface area contributed by atoms with Gasteiger partial charge in [-0.15, -0.1) is 11.8 Å². The predicted octanol–water partition coefficient (Wildman–Crippen LogP) is 4.09. The molecule has 0 saturated carbocycles. The Kier molecular flexibility index (Phi) is 7.16. The van der Waals surface area contributed by atoms with Crippen LogP contribution in [0.1, 0.15) is 12.0 Å². The number of thioether (sulfide) groups is 1. The van der Waals surface area contributed by atoms with E-state index in [0.717, 1.165) is 14.9 Å². The van der Waals surface area contributed by atoms with Crippen molar-refractivity contribution in [3.63, 3.8) is 0 Å². The first-order valence-corrected chi connectivity index (χ1v) is 8.80. The molecule has 120 valence electrons. The van der Waals surface area contributed by atoms with Crippen molar-refractivity contribution in [2.24, 2.45) is 5.10 Å². The fraction of sp³-hybridized carbons (Fsp3) is 0.176. The molecule has 4 nitrogen and oxygen atoms in total. The topological polar surface area (TPSA) is 50.7 Å². The van der Waals surface area contributed by atoms with Gasteiger partial charge in [0.05, 0.1) is 13.3 Å². The van der Waals surface area contributed by atoms with Gasteiger partial charge < -0.3 is 4.74 Å². The lowest BCUT2D eigenvalue weighted by atomic mass is 10.2. The molecule has 2 aromatic rings. The second-order valence-corrected chi connectivity index (χ2v) is 6.67. The van der Waals surface area contributed by atoms with Crippen molar-refractivity contribution in [1.82, 2.24) is 5.43 Å². The van der Waals surface area contributed by atoms with Crippen LogP contribution in [0.25, 0.3) is 0 Å². The van der Waals surface area contributed by atoms with Crippen molar-refractivity contribution >= 4 is 39.8 Å². The van der Waals surface area contributed by atoms with Gasteiger partial charge in [-0.25, -0.2) is 5.43 Å². The van der Waals surface area contributed by atoms with Crippen LogP contribution in [-0.4, -0.2) is 25.0 Å². The van der Waals surface area contributed by atoms with Gasteiger partial charge in [-0.3, -0.25) is 4.79 Å². The molecule has 0 fully saturated rings. The van der Waals surface area contributed by atoms with Gasteiger partial charge in [-0.05, 0) is 30.3 Å². The Bertz CT molecular complexity index is 678. The maximum absolute atomic E-state index is 11.8. The van der Waals surface area contributed by atoms with Crippen LogP contribution < -0.4 is 10.2 Å². The van der Waals surface area contributed by atoms with Crippen molar-refractivity contribution in [1.29, 1.82) is 0 Å². The summed E-state index contributed by atoms with van der Waals surface area (Å²) in [4.78, 5) is 12.9. The summed E-state index contributed by atoms with van der Waals surface area (Å²) < 4.78 is 6.17. The van der Waals surface area contributed by atoms with Crippen molar-refractivity contribution in [3.8, 4) is 5.75 Å². The first kappa shape index (κ1) is 17.6. The molecule has 1 amide bonds. The van der Waals surface area contributed by atoms with Crippen LogP contribution in [0, 0.1) is 0 Å². The van der Waals surface area contributed by atoms with Crippen molar-refractivity contribution in [3.05, 3.63) is 58.6 Å². The van der Waals surface area contributed by atoms with Gasteiger partial charge >= 0.3 is 0 Å². The highest BCUT2D eigenvalue weighted by Crippen LogP contribution is 2.21. The van der Waals surface area contributed by atoms with Gasteiger partial charge in [0.1, 0.15) is 5.75 Å². The number of ether oxygens (including phenoxy) is 1. The molecule has 2 rings (SSSR count). The summed E-state index contributed by atoms with van der Waals surface area (Å²) in [6.07, 6.45) is 1.98. The summed E-state index contributed by atoms with van der Waals surface area (Å²) in [5.41, 5.74) is 3.33. The van der Waals surface area contributed by atoms with E-state index in [1.807, 2.05) is 48.5 Å². The van der Waals surface area contributed by atoms with Crippen molar-refractivity contribution < 1.29 is 9.53 Å². The van der Waals surface area contributed by atoms with Crippen LogP contribution in [0.5, 0.6) is 5.75 Å². The lowest BCUT2D eigenvalue weighted by molar-refractivity contribution is -0.120. The van der Waals surface area contributed by atoms with Crippen LogP contribution >= 0.6 is 27.7 Å². The third kappa shape index (κ3) is 6.08. The molecular weight excluding hydrogens is 376 g/mol. The Morgan fingerprint density at radius 2 is 2.09 bits per heavy atom. The molecule has 1 N–H and O–H groups in total. The second-order valence-electron chi connectivity index (χ2n) is 4.59. The maximum atomic E-state index is 11.8. The number of amides is 1. The number of hydrogen-bond acceptors (Lipinski definition) is 4. The first-order valence-electron chi connectivity index (χ1n) is 7.02. The van der Waals surface area contributed by atoms with Gasteiger partial charge in [0.15, 0.2) is 0 Å². The number of nitrogens with zero attached hydrogens (tertiary/aromatic N) is 1. The van der Waals surface area contributed by atoms with Gasteiger partial charge in [0, 0.05) is 27.1 Å². The van der Waals surface area contributed by atoms with Crippen LogP contribution in [0.2, 0.25) is 0 Å². The zero-order valence-electron chi connectivity index (χ0n) is 12.7. The second kappa shape index (κ2) is 9.37. The monoisotopic (exact) mass is 392 g/mol. The fourth-order valence-electron chi connectivity index (χ4n) is 1.81. The molecule has 0 bridgehead atoms. The number of carbonyl (C=O) groups excluding carboxylic acids is 1. The van der Waals surface area contributed by atoms with Gasteiger partial charge in [-0.2, -0.15) is 5.10 Å². The number of hydrogen-bond donors (Lipinski definition) is 1. The number of halogens is 1. The highest BCUT2D eigenvalue weighted by atomic mass is 79.9. The van der Waals surface area contributed by atoms with Gasteiger partial charge in [-0.1, -0.05) is 34.1 Å². The first-order chi connectivity index (χ1) is 11.2. The molecule has 0 aromatic heterocycles. The van der Waals surface area contributed by atoms with Gasteiger partial charge in [0.2, 0.25) is 5.91 Å². The molecule has 0 unspecified atom stereocenters. The molecule has 2 aromatic carbocycles. The van der Waals surface area contributed by atoms with E-state index in [4.69, 9.17) is 4.74 Å². The van der Waals surface area contributed by atoms with E-state index in [2.05, 4.69) is 26.5 Å². The molecule has 0 saturated heterocycles. The number of benzene rings is 2. The van der Waals surface area contributed by atoms with Crippen LogP contribution in [0.4, 0.5) is 0 Å². The molecule has 0 spiro atoms. The van der Waals surface area contributed by atoms with E-state index < -0.39 is 0 Å². The number of carbonyl (C=O) groups is 1. The standard InChI is InChI=1S/C17H17BrN2O2S/c1-22-16-8-7-14(18)11-13(16)12-19-20-17(21)9-10-23-15-5-3-2-4-6-15/h2-8,11-12H,9-10H2,1H3,(H,20,21)/b19-12+. The Balaban J connectivity index is 1.79. The SMILES string of the molecule is COc1ccc(Br)cc1/C=N/NC(=O)CCSc1ccccc1. The van der Waals surface area contributed by atoms with Crippen molar-refractivity contribution in [2.75, 3.05) is 12.9 Å². The zero-order chi connectivity index (χ0) is 16.5. The molecule has 0 aliphatic heterocycles. The Hall–Kier alpha value is -1.79. The lowest BCUT2D eigenvalue weighted by Crippen LogP contribution is -2.17. The summed E-state index contributed by atoms with van der Waals surface area (Å²) in [6, 6.07) is 15.6. The minimum absolute atomic E-state index is 0.112.